The number of anilines is 1. The largest absolute Gasteiger partial charge is 0.484 e. The summed E-state index contributed by atoms with van der Waals surface area (Å²) < 4.78 is 6.14. The van der Waals surface area contributed by atoms with Gasteiger partial charge in [0, 0.05) is 16.8 Å². The fourth-order valence-electron chi connectivity index (χ4n) is 2.68. The summed E-state index contributed by atoms with van der Waals surface area (Å²) in [5.41, 5.74) is 1.40. The van der Waals surface area contributed by atoms with Gasteiger partial charge in [-0.05, 0) is 55.8 Å². The molecule has 0 atom stereocenters. The third-order valence-corrected chi connectivity index (χ3v) is 5.54. The van der Waals surface area contributed by atoms with Crippen molar-refractivity contribution in [3.05, 3.63) is 64.0 Å². The maximum atomic E-state index is 12.5. The van der Waals surface area contributed by atoms with Gasteiger partial charge < -0.3 is 10.1 Å². The van der Waals surface area contributed by atoms with E-state index in [1.165, 1.54) is 11.8 Å². The maximum Gasteiger partial charge on any atom is 0.266 e. The summed E-state index contributed by atoms with van der Waals surface area (Å²) in [6, 6.07) is 14.1. The Bertz CT molecular complexity index is 991. The number of thiocarbonyl (C=S) groups is 1. The Morgan fingerprint density at radius 2 is 2.03 bits per heavy atom. The lowest BCUT2D eigenvalue weighted by Crippen LogP contribution is -2.34. The number of hydrogen-bond donors (Lipinski definition) is 1. The van der Waals surface area contributed by atoms with Gasteiger partial charge >= 0.3 is 0 Å². The van der Waals surface area contributed by atoms with Crippen LogP contribution in [0.3, 0.4) is 0 Å². The van der Waals surface area contributed by atoms with Crippen molar-refractivity contribution in [2.24, 2.45) is 0 Å². The van der Waals surface area contributed by atoms with Gasteiger partial charge in [-0.2, -0.15) is 0 Å². The van der Waals surface area contributed by atoms with Crippen LogP contribution in [0, 0.1) is 0 Å². The van der Waals surface area contributed by atoms with Crippen molar-refractivity contribution in [1.29, 1.82) is 0 Å². The number of rotatable bonds is 6. The highest BCUT2D eigenvalue weighted by atomic mass is 35.5. The quantitative estimate of drug-likeness (QED) is 0.501. The molecule has 150 valence electrons. The van der Waals surface area contributed by atoms with Gasteiger partial charge in [-0.1, -0.05) is 53.8 Å². The van der Waals surface area contributed by atoms with Crippen molar-refractivity contribution < 1.29 is 14.3 Å². The lowest BCUT2D eigenvalue weighted by molar-refractivity contribution is -0.123. The SMILES string of the molecule is CC(C)N1C(=O)/C(=C/c2cccc(OCC(=O)Nc3cccc(Cl)c3)c2)SC1=S. The van der Waals surface area contributed by atoms with Gasteiger partial charge in [0.25, 0.3) is 11.8 Å². The van der Waals surface area contributed by atoms with Crippen LogP contribution in [0.5, 0.6) is 5.75 Å². The minimum absolute atomic E-state index is 0.0149. The molecular weight excluding hydrogens is 428 g/mol. The molecule has 8 heteroatoms. The number of amides is 2. The second kappa shape index (κ2) is 9.43. The fraction of sp³-hybridized carbons (Fsp3) is 0.190. The zero-order valence-corrected chi connectivity index (χ0v) is 18.2. The van der Waals surface area contributed by atoms with E-state index in [1.807, 2.05) is 19.9 Å². The molecule has 5 nitrogen and oxygen atoms in total. The first-order valence-electron chi connectivity index (χ1n) is 8.89. The molecular formula is C21H19ClN2O3S2. The summed E-state index contributed by atoms with van der Waals surface area (Å²) in [5.74, 6) is 0.136. The highest BCUT2D eigenvalue weighted by Crippen LogP contribution is 2.34. The minimum Gasteiger partial charge on any atom is -0.484 e. The molecule has 0 unspecified atom stereocenters. The minimum atomic E-state index is -0.296. The van der Waals surface area contributed by atoms with E-state index in [0.717, 1.165) is 5.56 Å². The molecule has 29 heavy (non-hydrogen) atoms. The first-order chi connectivity index (χ1) is 13.8. The van der Waals surface area contributed by atoms with E-state index in [2.05, 4.69) is 5.32 Å². The van der Waals surface area contributed by atoms with Crippen LogP contribution in [0.2, 0.25) is 5.02 Å². The Morgan fingerprint density at radius 3 is 2.72 bits per heavy atom. The Balaban J connectivity index is 1.63. The predicted molar refractivity (Wildman–Crippen MR) is 122 cm³/mol. The van der Waals surface area contributed by atoms with E-state index in [9.17, 15) is 9.59 Å². The third kappa shape index (κ3) is 5.59. The first-order valence-corrected chi connectivity index (χ1v) is 10.5. The van der Waals surface area contributed by atoms with Crippen molar-refractivity contribution in [1.82, 2.24) is 4.90 Å². The number of carbonyl (C=O) groups is 2. The van der Waals surface area contributed by atoms with Gasteiger partial charge in [-0.3, -0.25) is 14.5 Å². The number of carbonyl (C=O) groups excluding carboxylic acids is 2. The number of hydrogen-bond acceptors (Lipinski definition) is 5. The average molecular weight is 447 g/mol. The zero-order chi connectivity index (χ0) is 21.0. The molecule has 0 spiro atoms. The lowest BCUT2D eigenvalue weighted by atomic mass is 10.2. The summed E-state index contributed by atoms with van der Waals surface area (Å²) >= 11 is 12.5. The van der Waals surface area contributed by atoms with Crippen LogP contribution in [0.25, 0.3) is 6.08 Å². The molecule has 1 saturated heterocycles. The third-order valence-electron chi connectivity index (χ3n) is 3.97. The fourth-order valence-corrected chi connectivity index (χ4v) is 4.40. The molecule has 1 fully saturated rings. The molecule has 1 N–H and O–H groups in total. The molecule has 0 aliphatic carbocycles. The molecule has 0 bridgehead atoms. The van der Waals surface area contributed by atoms with Crippen molar-refractivity contribution in [2.75, 3.05) is 11.9 Å². The summed E-state index contributed by atoms with van der Waals surface area (Å²) in [4.78, 5) is 26.8. The van der Waals surface area contributed by atoms with Crippen LogP contribution < -0.4 is 10.1 Å². The van der Waals surface area contributed by atoms with Crippen molar-refractivity contribution in [3.63, 3.8) is 0 Å². The van der Waals surface area contributed by atoms with Crippen LogP contribution in [0.1, 0.15) is 19.4 Å². The smallest absolute Gasteiger partial charge is 0.266 e. The van der Waals surface area contributed by atoms with Crippen LogP contribution >= 0.6 is 35.6 Å². The number of nitrogens with one attached hydrogen (secondary N) is 1. The number of ether oxygens (including phenoxy) is 1. The highest BCUT2D eigenvalue weighted by molar-refractivity contribution is 8.26. The topological polar surface area (TPSA) is 58.6 Å². The van der Waals surface area contributed by atoms with Crippen LogP contribution in [0.4, 0.5) is 5.69 Å². The Hall–Kier alpha value is -2.35. The molecule has 2 aromatic carbocycles. The van der Waals surface area contributed by atoms with Crippen LogP contribution in [-0.2, 0) is 9.59 Å². The molecule has 3 rings (SSSR count). The van der Waals surface area contributed by atoms with Crippen LogP contribution in [-0.4, -0.2) is 33.7 Å². The number of benzene rings is 2. The van der Waals surface area contributed by atoms with E-state index >= 15 is 0 Å². The second-order valence-electron chi connectivity index (χ2n) is 6.57. The molecule has 1 heterocycles. The van der Waals surface area contributed by atoms with E-state index in [-0.39, 0.29) is 24.5 Å². The van der Waals surface area contributed by atoms with E-state index in [4.69, 9.17) is 28.6 Å². The summed E-state index contributed by atoms with van der Waals surface area (Å²) in [6.45, 7) is 3.71. The standard InChI is InChI=1S/C21H19ClN2O3S2/c1-13(2)24-20(26)18(29-21(24)28)10-14-5-3-8-17(9-14)27-12-19(25)23-16-7-4-6-15(22)11-16/h3-11,13H,12H2,1-2H3,(H,23,25)/b18-10-. The normalized spacial score (nSPS) is 15.3. The molecule has 0 aromatic heterocycles. The van der Waals surface area contributed by atoms with Gasteiger partial charge in [0.15, 0.2) is 6.61 Å². The molecule has 2 aromatic rings. The van der Waals surface area contributed by atoms with E-state index in [0.29, 0.717) is 25.7 Å². The van der Waals surface area contributed by atoms with Gasteiger partial charge in [-0.15, -0.1) is 0 Å². The average Bonchev–Trinajstić information content (AvgIpc) is 2.94. The van der Waals surface area contributed by atoms with Crippen molar-refractivity contribution in [2.45, 2.75) is 19.9 Å². The molecule has 1 aliphatic rings. The first kappa shape index (κ1) is 21.4. The molecule has 2 amide bonds. The monoisotopic (exact) mass is 446 g/mol. The van der Waals surface area contributed by atoms with Crippen molar-refractivity contribution >= 4 is 63.5 Å². The number of thioether (sulfide) groups is 1. The van der Waals surface area contributed by atoms with Crippen LogP contribution in [0.15, 0.2) is 53.4 Å². The Labute approximate surface area is 184 Å². The van der Waals surface area contributed by atoms with Gasteiger partial charge in [0.2, 0.25) is 0 Å². The van der Waals surface area contributed by atoms with Gasteiger partial charge in [0.05, 0.1) is 4.91 Å². The zero-order valence-electron chi connectivity index (χ0n) is 15.8. The Kier molecular flexibility index (Phi) is 6.95. The number of halogens is 1. The van der Waals surface area contributed by atoms with Gasteiger partial charge in [0.1, 0.15) is 10.1 Å². The summed E-state index contributed by atoms with van der Waals surface area (Å²) in [5, 5.41) is 3.27. The number of nitrogens with zero attached hydrogens (tertiary/aromatic N) is 1. The highest BCUT2D eigenvalue weighted by Gasteiger charge is 2.33. The summed E-state index contributed by atoms with van der Waals surface area (Å²) in [7, 11) is 0. The Morgan fingerprint density at radius 1 is 1.28 bits per heavy atom. The second-order valence-corrected chi connectivity index (χ2v) is 8.68. The molecule has 0 saturated carbocycles. The maximum absolute atomic E-state index is 12.5. The summed E-state index contributed by atoms with van der Waals surface area (Å²) in [6.07, 6.45) is 1.78. The predicted octanol–water partition coefficient (Wildman–Crippen LogP) is 4.97. The molecule has 0 radical (unpaired) electrons. The molecule has 1 aliphatic heterocycles. The van der Waals surface area contributed by atoms with E-state index < -0.39 is 0 Å². The van der Waals surface area contributed by atoms with E-state index in [1.54, 1.807) is 53.4 Å². The van der Waals surface area contributed by atoms with Crippen molar-refractivity contribution in [3.8, 4) is 5.75 Å². The lowest BCUT2D eigenvalue weighted by Gasteiger charge is -2.18. The van der Waals surface area contributed by atoms with Gasteiger partial charge in [-0.25, -0.2) is 0 Å².